The molecule has 15 heavy (non-hydrogen) atoms. The molecular formula is C11H11BrN2O. The van der Waals surface area contributed by atoms with E-state index in [1.807, 2.05) is 32.2 Å². The highest BCUT2D eigenvalue weighted by atomic mass is 79.9. The molecule has 0 N–H and O–H groups in total. The first-order valence-corrected chi connectivity index (χ1v) is 5.52. The maximum atomic E-state index is 8.98. The van der Waals surface area contributed by atoms with Crippen LogP contribution in [0.1, 0.15) is 6.92 Å². The second-order valence-electron chi connectivity index (χ2n) is 3.61. The van der Waals surface area contributed by atoms with Gasteiger partial charge < -0.3 is 9.64 Å². The van der Waals surface area contributed by atoms with Gasteiger partial charge in [0.2, 0.25) is 6.10 Å². The SMILES string of the molecule is CC1C(C#N)Oc2c(Br)cccc2N1C. The van der Waals surface area contributed by atoms with Gasteiger partial charge in [-0.3, -0.25) is 0 Å². The number of ether oxygens (including phenoxy) is 1. The van der Waals surface area contributed by atoms with E-state index in [1.54, 1.807) is 0 Å². The number of nitrogens with zero attached hydrogens (tertiary/aromatic N) is 2. The van der Waals surface area contributed by atoms with Crippen LogP contribution in [0, 0.1) is 11.3 Å². The number of halogens is 1. The van der Waals surface area contributed by atoms with Crippen molar-refractivity contribution in [2.45, 2.75) is 19.1 Å². The Kier molecular flexibility index (Phi) is 2.57. The van der Waals surface area contributed by atoms with Gasteiger partial charge in [-0.05, 0) is 35.0 Å². The van der Waals surface area contributed by atoms with Crippen molar-refractivity contribution in [3.8, 4) is 11.8 Å². The van der Waals surface area contributed by atoms with Crippen molar-refractivity contribution < 1.29 is 4.74 Å². The van der Waals surface area contributed by atoms with Crippen molar-refractivity contribution in [2.24, 2.45) is 0 Å². The van der Waals surface area contributed by atoms with Crippen molar-refractivity contribution in [1.29, 1.82) is 5.26 Å². The third-order valence-electron chi connectivity index (χ3n) is 2.75. The first-order chi connectivity index (χ1) is 7.15. The molecule has 4 heteroatoms. The Morgan fingerprint density at radius 2 is 2.27 bits per heavy atom. The lowest BCUT2D eigenvalue weighted by Gasteiger charge is -2.37. The van der Waals surface area contributed by atoms with E-state index in [-0.39, 0.29) is 6.04 Å². The van der Waals surface area contributed by atoms with Gasteiger partial charge in [0, 0.05) is 7.05 Å². The molecule has 0 aliphatic carbocycles. The predicted octanol–water partition coefficient (Wildman–Crippen LogP) is 2.56. The summed E-state index contributed by atoms with van der Waals surface area (Å²) in [6, 6.07) is 8.10. The summed E-state index contributed by atoms with van der Waals surface area (Å²) in [5.41, 5.74) is 1.02. The Morgan fingerprint density at radius 1 is 1.53 bits per heavy atom. The van der Waals surface area contributed by atoms with Crippen LogP contribution in [-0.4, -0.2) is 19.2 Å². The lowest BCUT2D eigenvalue weighted by Crippen LogP contribution is -2.45. The minimum absolute atomic E-state index is 0.0665. The maximum absolute atomic E-state index is 8.98. The van der Waals surface area contributed by atoms with Crippen LogP contribution < -0.4 is 9.64 Å². The van der Waals surface area contributed by atoms with Crippen LogP contribution in [-0.2, 0) is 0 Å². The van der Waals surface area contributed by atoms with E-state index in [1.165, 1.54) is 0 Å². The number of anilines is 1. The summed E-state index contributed by atoms with van der Waals surface area (Å²) < 4.78 is 6.53. The fourth-order valence-electron chi connectivity index (χ4n) is 1.67. The van der Waals surface area contributed by atoms with E-state index in [4.69, 9.17) is 10.00 Å². The van der Waals surface area contributed by atoms with Crippen LogP contribution in [0.3, 0.4) is 0 Å². The third kappa shape index (κ3) is 1.57. The first kappa shape index (κ1) is 10.3. The molecule has 0 saturated carbocycles. The second kappa shape index (κ2) is 3.74. The zero-order valence-electron chi connectivity index (χ0n) is 8.57. The van der Waals surface area contributed by atoms with Crippen LogP contribution in [0.4, 0.5) is 5.69 Å². The van der Waals surface area contributed by atoms with Gasteiger partial charge in [-0.2, -0.15) is 5.26 Å². The first-order valence-electron chi connectivity index (χ1n) is 4.72. The molecule has 0 radical (unpaired) electrons. The molecule has 1 heterocycles. The summed E-state index contributed by atoms with van der Waals surface area (Å²) >= 11 is 3.43. The maximum Gasteiger partial charge on any atom is 0.204 e. The quantitative estimate of drug-likeness (QED) is 0.724. The van der Waals surface area contributed by atoms with Crippen LogP contribution in [0.5, 0.6) is 5.75 Å². The van der Waals surface area contributed by atoms with Crippen LogP contribution >= 0.6 is 15.9 Å². The molecule has 2 atom stereocenters. The topological polar surface area (TPSA) is 36.3 Å². The molecule has 1 aliphatic heterocycles. The zero-order chi connectivity index (χ0) is 11.0. The van der Waals surface area contributed by atoms with Gasteiger partial charge in [0.05, 0.1) is 16.2 Å². The smallest absolute Gasteiger partial charge is 0.204 e. The summed E-state index contributed by atoms with van der Waals surface area (Å²) in [6.45, 7) is 1.98. The van der Waals surface area contributed by atoms with Crippen molar-refractivity contribution in [3.05, 3.63) is 22.7 Å². The van der Waals surface area contributed by atoms with E-state index in [9.17, 15) is 0 Å². The van der Waals surface area contributed by atoms with E-state index >= 15 is 0 Å². The highest BCUT2D eigenvalue weighted by Crippen LogP contribution is 2.40. The summed E-state index contributed by atoms with van der Waals surface area (Å²) in [4.78, 5) is 2.07. The normalized spacial score (nSPS) is 24.0. The largest absolute Gasteiger partial charge is 0.470 e. The lowest BCUT2D eigenvalue weighted by atomic mass is 10.1. The van der Waals surface area contributed by atoms with E-state index in [0.717, 1.165) is 15.9 Å². The molecule has 2 unspecified atom stereocenters. The number of hydrogen-bond donors (Lipinski definition) is 0. The molecule has 3 nitrogen and oxygen atoms in total. The van der Waals surface area contributed by atoms with Gasteiger partial charge in [-0.15, -0.1) is 0 Å². The Bertz CT molecular complexity index is 427. The van der Waals surface area contributed by atoms with Gasteiger partial charge >= 0.3 is 0 Å². The predicted molar refractivity (Wildman–Crippen MR) is 62.0 cm³/mol. The average molecular weight is 267 g/mol. The highest BCUT2D eigenvalue weighted by molar-refractivity contribution is 9.10. The fourth-order valence-corrected chi connectivity index (χ4v) is 2.12. The Hall–Kier alpha value is -1.21. The van der Waals surface area contributed by atoms with Crippen LogP contribution in [0.15, 0.2) is 22.7 Å². The number of para-hydroxylation sites is 1. The van der Waals surface area contributed by atoms with E-state index < -0.39 is 6.10 Å². The van der Waals surface area contributed by atoms with E-state index in [2.05, 4.69) is 26.9 Å². The molecule has 2 rings (SSSR count). The van der Waals surface area contributed by atoms with Crippen molar-refractivity contribution in [3.63, 3.8) is 0 Å². The van der Waals surface area contributed by atoms with Gasteiger partial charge in [-0.1, -0.05) is 6.07 Å². The molecule has 1 aromatic carbocycles. The van der Waals surface area contributed by atoms with Crippen LogP contribution in [0.2, 0.25) is 0 Å². The Balaban J connectivity index is 2.51. The number of fused-ring (bicyclic) bond motifs is 1. The summed E-state index contributed by atoms with van der Waals surface area (Å²) in [5, 5.41) is 8.98. The number of hydrogen-bond acceptors (Lipinski definition) is 3. The van der Waals surface area contributed by atoms with Gasteiger partial charge in [-0.25, -0.2) is 0 Å². The molecule has 0 spiro atoms. The molecule has 0 aromatic heterocycles. The molecule has 78 valence electrons. The number of nitriles is 1. The summed E-state index contributed by atoms with van der Waals surface area (Å²) in [7, 11) is 1.98. The summed E-state index contributed by atoms with van der Waals surface area (Å²) in [6.07, 6.45) is -0.416. The van der Waals surface area contributed by atoms with Crippen molar-refractivity contribution >= 4 is 21.6 Å². The van der Waals surface area contributed by atoms with Crippen molar-refractivity contribution in [1.82, 2.24) is 0 Å². The van der Waals surface area contributed by atoms with Gasteiger partial charge in [0.1, 0.15) is 6.07 Å². The molecule has 0 fully saturated rings. The summed E-state index contributed by atoms with van der Waals surface area (Å²) in [5.74, 6) is 0.754. The average Bonchev–Trinajstić information content (AvgIpc) is 2.24. The molecule has 0 amide bonds. The Labute approximate surface area is 97.4 Å². The zero-order valence-corrected chi connectivity index (χ0v) is 10.2. The molecule has 0 bridgehead atoms. The monoisotopic (exact) mass is 266 g/mol. The molecule has 1 aromatic rings. The molecule has 0 saturated heterocycles. The van der Waals surface area contributed by atoms with Gasteiger partial charge in [0.15, 0.2) is 5.75 Å². The standard InChI is InChI=1S/C11H11BrN2O/c1-7-10(6-13)15-11-8(12)4-3-5-9(11)14(7)2/h3-5,7,10H,1-2H3. The molecular weight excluding hydrogens is 256 g/mol. The second-order valence-corrected chi connectivity index (χ2v) is 4.46. The van der Waals surface area contributed by atoms with Crippen LogP contribution in [0.25, 0.3) is 0 Å². The fraction of sp³-hybridized carbons (Fsp3) is 0.364. The minimum atomic E-state index is -0.416. The van der Waals surface area contributed by atoms with Gasteiger partial charge in [0.25, 0.3) is 0 Å². The number of benzene rings is 1. The molecule has 1 aliphatic rings. The highest BCUT2D eigenvalue weighted by Gasteiger charge is 2.31. The lowest BCUT2D eigenvalue weighted by molar-refractivity contribution is 0.210. The Morgan fingerprint density at radius 3 is 2.93 bits per heavy atom. The van der Waals surface area contributed by atoms with E-state index in [0.29, 0.717) is 0 Å². The minimum Gasteiger partial charge on any atom is -0.470 e. The number of likely N-dealkylation sites (N-methyl/N-ethyl adjacent to an activating group) is 1. The van der Waals surface area contributed by atoms with Crippen molar-refractivity contribution in [2.75, 3.05) is 11.9 Å². The number of rotatable bonds is 0. The third-order valence-corrected chi connectivity index (χ3v) is 3.37.